The topological polar surface area (TPSA) is 121 Å². The van der Waals surface area contributed by atoms with Crippen LogP contribution >= 0.6 is 11.6 Å². The Hall–Kier alpha value is -3.60. The van der Waals surface area contributed by atoms with Crippen molar-refractivity contribution in [2.24, 2.45) is 0 Å². The maximum absolute atomic E-state index is 14.7. The van der Waals surface area contributed by atoms with Crippen LogP contribution in [-0.4, -0.2) is 35.9 Å². The predicted octanol–water partition coefficient (Wildman–Crippen LogP) is 3.58. The van der Waals surface area contributed by atoms with E-state index in [-0.39, 0.29) is 29.6 Å². The van der Waals surface area contributed by atoms with Crippen molar-refractivity contribution in [3.8, 4) is 5.75 Å². The highest BCUT2D eigenvalue weighted by Gasteiger charge is 2.22. The van der Waals surface area contributed by atoms with E-state index in [1.54, 1.807) is 48.7 Å². The number of nitrogens with one attached hydrogen (secondary N) is 2. The molecule has 0 bridgehead atoms. The van der Waals surface area contributed by atoms with Crippen LogP contribution in [0.5, 0.6) is 5.75 Å². The number of fused-ring (bicyclic) bond motifs is 1. The number of benzene rings is 2. The highest BCUT2D eigenvalue weighted by Crippen LogP contribution is 2.31. The van der Waals surface area contributed by atoms with Crippen molar-refractivity contribution in [2.75, 3.05) is 6.54 Å². The normalized spacial score (nSPS) is 11.5. The van der Waals surface area contributed by atoms with Gasteiger partial charge >= 0.3 is 0 Å². The maximum atomic E-state index is 14.7. The SMILES string of the molecule is O=C(NCc1ccc(Cl)cc1)c1cnc2c(F)cc(S(=O)(=O)NCCc3ccccn3)cc2c1O. The number of nitrogens with zero attached hydrogens (tertiary/aromatic N) is 2. The van der Waals surface area contributed by atoms with E-state index < -0.39 is 32.4 Å². The Balaban J connectivity index is 1.55. The van der Waals surface area contributed by atoms with Crippen molar-refractivity contribution >= 4 is 38.4 Å². The average molecular weight is 515 g/mol. The summed E-state index contributed by atoms with van der Waals surface area (Å²) in [5.41, 5.74) is 0.982. The lowest BCUT2D eigenvalue weighted by molar-refractivity contribution is 0.0948. The number of carbonyl (C=O) groups excluding carboxylic acids is 1. The molecule has 0 aliphatic heterocycles. The third-order valence-electron chi connectivity index (χ3n) is 5.19. The van der Waals surface area contributed by atoms with Crippen LogP contribution in [0.25, 0.3) is 10.9 Å². The molecule has 1 amide bonds. The number of hydrogen-bond donors (Lipinski definition) is 3. The average Bonchev–Trinajstić information content (AvgIpc) is 2.84. The number of pyridine rings is 2. The quantitative estimate of drug-likeness (QED) is 0.330. The molecule has 0 unspecified atom stereocenters. The van der Waals surface area contributed by atoms with E-state index in [9.17, 15) is 22.7 Å². The Morgan fingerprint density at radius 2 is 1.86 bits per heavy atom. The summed E-state index contributed by atoms with van der Waals surface area (Å²) >= 11 is 5.85. The highest BCUT2D eigenvalue weighted by atomic mass is 35.5. The van der Waals surface area contributed by atoms with E-state index in [4.69, 9.17) is 11.6 Å². The third-order valence-corrected chi connectivity index (χ3v) is 6.88. The van der Waals surface area contributed by atoms with Crippen LogP contribution in [0.2, 0.25) is 5.02 Å². The second-order valence-corrected chi connectivity index (χ2v) is 9.80. The Labute approximate surface area is 205 Å². The molecule has 4 rings (SSSR count). The van der Waals surface area contributed by atoms with Crippen LogP contribution in [0, 0.1) is 5.82 Å². The second-order valence-electron chi connectivity index (χ2n) is 7.60. The Kier molecular flexibility index (Phi) is 7.25. The summed E-state index contributed by atoms with van der Waals surface area (Å²) in [4.78, 5) is 20.3. The van der Waals surface area contributed by atoms with Crippen LogP contribution in [0.15, 0.2) is 71.9 Å². The number of carbonyl (C=O) groups is 1. The van der Waals surface area contributed by atoms with Crippen LogP contribution in [-0.2, 0) is 23.0 Å². The van der Waals surface area contributed by atoms with Crippen molar-refractivity contribution in [1.29, 1.82) is 0 Å². The van der Waals surface area contributed by atoms with Gasteiger partial charge in [-0.15, -0.1) is 0 Å². The van der Waals surface area contributed by atoms with E-state index in [0.29, 0.717) is 17.1 Å². The van der Waals surface area contributed by atoms with Gasteiger partial charge < -0.3 is 10.4 Å². The molecule has 11 heteroatoms. The van der Waals surface area contributed by atoms with Gasteiger partial charge in [-0.25, -0.2) is 17.5 Å². The first-order chi connectivity index (χ1) is 16.7. The fourth-order valence-corrected chi connectivity index (χ4v) is 4.56. The van der Waals surface area contributed by atoms with Gasteiger partial charge in [0.1, 0.15) is 16.8 Å². The Morgan fingerprint density at radius 3 is 2.57 bits per heavy atom. The Morgan fingerprint density at radius 1 is 1.09 bits per heavy atom. The van der Waals surface area contributed by atoms with Crippen molar-refractivity contribution in [2.45, 2.75) is 17.9 Å². The van der Waals surface area contributed by atoms with Gasteiger partial charge in [0.2, 0.25) is 10.0 Å². The largest absolute Gasteiger partial charge is 0.506 e. The lowest BCUT2D eigenvalue weighted by Crippen LogP contribution is -2.26. The van der Waals surface area contributed by atoms with Crippen molar-refractivity contribution in [1.82, 2.24) is 20.0 Å². The molecule has 0 saturated carbocycles. The van der Waals surface area contributed by atoms with Gasteiger partial charge in [0.15, 0.2) is 5.82 Å². The van der Waals surface area contributed by atoms with Crippen LogP contribution in [0.3, 0.4) is 0 Å². The maximum Gasteiger partial charge on any atom is 0.256 e. The van der Waals surface area contributed by atoms with E-state index in [2.05, 4.69) is 20.0 Å². The summed E-state index contributed by atoms with van der Waals surface area (Å²) in [7, 11) is -4.11. The molecule has 0 aliphatic rings. The highest BCUT2D eigenvalue weighted by molar-refractivity contribution is 7.89. The fraction of sp³-hybridized carbons (Fsp3) is 0.125. The molecule has 8 nitrogen and oxygen atoms in total. The van der Waals surface area contributed by atoms with Gasteiger partial charge in [-0.3, -0.25) is 14.8 Å². The molecule has 35 heavy (non-hydrogen) atoms. The van der Waals surface area contributed by atoms with Gasteiger partial charge in [0, 0.05) is 48.0 Å². The van der Waals surface area contributed by atoms with E-state index in [0.717, 1.165) is 23.9 Å². The van der Waals surface area contributed by atoms with Gasteiger partial charge in [-0.05, 0) is 42.0 Å². The first-order valence-corrected chi connectivity index (χ1v) is 12.3. The molecule has 0 spiro atoms. The smallest absolute Gasteiger partial charge is 0.256 e. The van der Waals surface area contributed by atoms with Crippen molar-refractivity contribution in [3.05, 3.63) is 94.7 Å². The number of hydrogen-bond acceptors (Lipinski definition) is 6. The zero-order valence-electron chi connectivity index (χ0n) is 18.2. The number of aromatic hydroxyl groups is 1. The zero-order chi connectivity index (χ0) is 25.0. The number of aromatic nitrogens is 2. The molecule has 4 aromatic rings. The molecule has 0 saturated heterocycles. The van der Waals surface area contributed by atoms with Crippen LogP contribution in [0.4, 0.5) is 4.39 Å². The molecular weight excluding hydrogens is 495 g/mol. The predicted molar refractivity (Wildman–Crippen MR) is 129 cm³/mol. The number of halogens is 2. The van der Waals surface area contributed by atoms with E-state index in [1.807, 2.05) is 0 Å². The molecule has 0 radical (unpaired) electrons. The molecule has 180 valence electrons. The molecule has 3 N–H and O–H groups in total. The minimum Gasteiger partial charge on any atom is -0.506 e. The minimum atomic E-state index is -4.11. The number of amides is 1. The summed E-state index contributed by atoms with van der Waals surface area (Å²) in [5.74, 6) is -2.18. The van der Waals surface area contributed by atoms with Crippen LogP contribution < -0.4 is 10.0 Å². The molecule has 2 aromatic heterocycles. The summed E-state index contributed by atoms with van der Waals surface area (Å²) in [6, 6.07) is 14.0. The monoisotopic (exact) mass is 514 g/mol. The van der Waals surface area contributed by atoms with Gasteiger partial charge in [0.05, 0.1) is 4.90 Å². The summed E-state index contributed by atoms with van der Waals surface area (Å²) in [5, 5.41) is 13.7. The molecule has 0 fully saturated rings. The number of rotatable bonds is 8. The first kappa shape index (κ1) is 24.5. The molecule has 2 heterocycles. The van der Waals surface area contributed by atoms with Crippen molar-refractivity contribution < 1.29 is 22.7 Å². The lowest BCUT2D eigenvalue weighted by Gasteiger charge is -2.11. The fourth-order valence-electron chi connectivity index (χ4n) is 3.37. The first-order valence-electron chi connectivity index (χ1n) is 10.5. The van der Waals surface area contributed by atoms with Gasteiger partial charge in [-0.1, -0.05) is 29.8 Å². The molecule has 0 atom stereocenters. The minimum absolute atomic E-state index is 0.0381. The van der Waals surface area contributed by atoms with Crippen molar-refractivity contribution in [3.63, 3.8) is 0 Å². The zero-order valence-corrected chi connectivity index (χ0v) is 19.8. The molecular formula is C24H20ClFN4O4S. The number of sulfonamides is 1. The van der Waals surface area contributed by atoms with Crippen LogP contribution in [0.1, 0.15) is 21.6 Å². The van der Waals surface area contributed by atoms with Gasteiger partial charge in [0.25, 0.3) is 5.91 Å². The third kappa shape index (κ3) is 5.73. The summed E-state index contributed by atoms with van der Waals surface area (Å²) < 4.78 is 42.6. The van der Waals surface area contributed by atoms with E-state index in [1.165, 1.54) is 0 Å². The standard InChI is InChI=1S/C24H20ClFN4O4S/c25-16-6-4-15(5-7-16)13-29-24(32)20-14-28-22-19(23(20)31)11-18(12-21(22)26)35(33,34)30-10-8-17-3-1-2-9-27-17/h1-7,9,11-12,14,30H,8,10,13H2,(H,28,31)(H,29,32). The lowest BCUT2D eigenvalue weighted by atomic mass is 10.1. The second kappa shape index (κ2) is 10.3. The summed E-state index contributed by atoms with van der Waals surface area (Å²) in [6.45, 7) is 0.187. The van der Waals surface area contributed by atoms with E-state index >= 15 is 0 Å². The summed E-state index contributed by atoms with van der Waals surface area (Å²) in [6.07, 6.45) is 2.97. The Bertz CT molecular complexity index is 1480. The molecule has 2 aromatic carbocycles. The molecule has 0 aliphatic carbocycles. The van der Waals surface area contributed by atoms with Gasteiger partial charge in [-0.2, -0.15) is 0 Å².